The van der Waals surface area contributed by atoms with Gasteiger partial charge in [0, 0.05) is 10.9 Å². The van der Waals surface area contributed by atoms with Crippen molar-refractivity contribution in [3.63, 3.8) is 0 Å². The first-order chi connectivity index (χ1) is 11.4. The first kappa shape index (κ1) is 18.3. The Morgan fingerprint density at radius 3 is 2.50 bits per heavy atom. The quantitative estimate of drug-likeness (QED) is 0.798. The molecular formula is C18H16ClFN2OS. The van der Waals surface area contributed by atoms with Crippen molar-refractivity contribution in [1.29, 1.82) is 5.26 Å². The normalized spacial score (nSPS) is 13.0. The molecule has 0 bridgehead atoms. The molecule has 0 heterocycles. The third-order valence-electron chi connectivity index (χ3n) is 3.47. The molecular weight excluding hydrogens is 347 g/mol. The van der Waals surface area contributed by atoms with E-state index < -0.39 is 0 Å². The average molecular weight is 363 g/mol. The molecule has 0 saturated carbocycles. The molecule has 0 spiro atoms. The van der Waals surface area contributed by atoms with Gasteiger partial charge in [-0.25, -0.2) is 4.39 Å². The van der Waals surface area contributed by atoms with Gasteiger partial charge in [0.1, 0.15) is 11.9 Å². The van der Waals surface area contributed by atoms with Crippen molar-refractivity contribution in [2.45, 2.75) is 24.3 Å². The van der Waals surface area contributed by atoms with Crippen LogP contribution in [0.1, 0.15) is 30.2 Å². The van der Waals surface area contributed by atoms with Crippen LogP contribution in [-0.2, 0) is 4.79 Å². The van der Waals surface area contributed by atoms with E-state index in [0.29, 0.717) is 16.3 Å². The van der Waals surface area contributed by atoms with E-state index in [1.165, 1.54) is 23.9 Å². The maximum atomic E-state index is 13.0. The second kappa shape index (κ2) is 8.18. The van der Waals surface area contributed by atoms with Crippen molar-refractivity contribution in [1.82, 2.24) is 0 Å². The van der Waals surface area contributed by atoms with Crippen LogP contribution in [0.3, 0.4) is 0 Å². The Kier molecular flexibility index (Phi) is 6.24. The third-order valence-corrected chi connectivity index (χ3v) is 5.09. The summed E-state index contributed by atoms with van der Waals surface area (Å²) in [6.07, 6.45) is 0. The second-order valence-corrected chi connectivity index (χ2v) is 7.36. The Bertz CT molecular complexity index is 774. The van der Waals surface area contributed by atoms with E-state index in [1.54, 1.807) is 30.3 Å². The zero-order valence-electron chi connectivity index (χ0n) is 13.2. The summed E-state index contributed by atoms with van der Waals surface area (Å²) in [6.45, 7) is 3.78. The summed E-state index contributed by atoms with van der Waals surface area (Å²) in [5.41, 5.74) is 1.87. The van der Waals surface area contributed by atoms with Crippen molar-refractivity contribution >= 4 is 35.0 Å². The highest BCUT2D eigenvalue weighted by Crippen LogP contribution is 2.32. The zero-order valence-corrected chi connectivity index (χ0v) is 14.8. The molecule has 0 fully saturated rings. The fraction of sp³-hybridized carbons (Fsp3) is 0.222. The van der Waals surface area contributed by atoms with Crippen LogP contribution in [0.15, 0.2) is 42.5 Å². The lowest BCUT2D eigenvalue weighted by molar-refractivity contribution is -0.115. The molecule has 1 N–H and O–H groups in total. The number of anilines is 1. The number of hydrogen-bond acceptors (Lipinski definition) is 3. The number of amides is 1. The minimum Gasteiger partial charge on any atom is -0.325 e. The van der Waals surface area contributed by atoms with Gasteiger partial charge in [-0.15, -0.1) is 11.8 Å². The number of thioether (sulfide) groups is 1. The molecule has 2 aromatic carbocycles. The molecule has 2 aromatic rings. The lowest BCUT2D eigenvalue weighted by atomic mass is 10.2. The smallest absolute Gasteiger partial charge is 0.237 e. The zero-order chi connectivity index (χ0) is 17.7. The Morgan fingerprint density at radius 1 is 1.25 bits per heavy atom. The molecule has 0 aliphatic carbocycles. The fourth-order valence-corrected chi connectivity index (χ4v) is 3.44. The van der Waals surface area contributed by atoms with E-state index in [9.17, 15) is 9.18 Å². The van der Waals surface area contributed by atoms with Crippen LogP contribution < -0.4 is 5.32 Å². The second-order valence-electron chi connectivity index (χ2n) is 5.27. The van der Waals surface area contributed by atoms with Gasteiger partial charge in [0.05, 0.1) is 15.8 Å². The van der Waals surface area contributed by atoms with Gasteiger partial charge in [-0.2, -0.15) is 5.26 Å². The van der Waals surface area contributed by atoms with E-state index in [2.05, 4.69) is 5.32 Å². The number of rotatable bonds is 5. The standard InChI is InChI=1S/C18H16ClFN2OS/c1-11(13-3-6-15(20)7-4-13)24-12(2)18(23)22-16-8-5-14(10-21)17(19)9-16/h3-9,11-12H,1-2H3,(H,22,23). The van der Waals surface area contributed by atoms with E-state index >= 15 is 0 Å². The summed E-state index contributed by atoms with van der Waals surface area (Å²) < 4.78 is 13.0. The summed E-state index contributed by atoms with van der Waals surface area (Å²) in [7, 11) is 0. The highest BCUT2D eigenvalue weighted by molar-refractivity contribution is 8.00. The molecule has 1 amide bonds. The van der Waals surface area contributed by atoms with Crippen LogP contribution in [0.25, 0.3) is 0 Å². The average Bonchev–Trinajstić information content (AvgIpc) is 2.55. The first-order valence-corrected chi connectivity index (χ1v) is 8.64. The summed E-state index contributed by atoms with van der Waals surface area (Å²) in [6, 6.07) is 13.0. The molecule has 124 valence electrons. The van der Waals surface area contributed by atoms with Crippen LogP contribution in [-0.4, -0.2) is 11.2 Å². The summed E-state index contributed by atoms with van der Waals surface area (Å²) in [5, 5.41) is 11.7. The van der Waals surface area contributed by atoms with Crippen LogP contribution in [0.2, 0.25) is 5.02 Å². The Morgan fingerprint density at radius 2 is 1.92 bits per heavy atom. The molecule has 24 heavy (non-hydrogen) atoms. The van der Waals surface area contributed by atoms with Gasteiger partial charge in [0.2, 0.25) is 5.91 Å². The van der Waals surface area contributed by atoms with E-state index in [0.717, 1.165) is 5.56 Å². The van der Waals surface area contributed by atoms with E-state index in [-0.39, 0.29) is 22.2 Å². The number of carbonyl (C=O) groups excluding carboxylic acids is 1. The van der Waals surface area contributed by atoms with Crippen molar-refractivity contribution in [3.05, 3.63) is 64.4 Å². The van der Waals surface area contributed by atoms with Crippen LogP contribution in [0.4, 0.5) is 10.1 Å². The van der Waals surface area contributed by atoms with Crippen molar-refractivity contribution in [3.8, 4) is 6.07 Å². The number of nitrogens with one attached hydrogen (secondary N) is 1. The Labute approximate surface area is 149 Å². The first-order valence-electron chi connectivity index (χ1n) is 7.32. The van der Waals surface area contributed by atoms with Crippen LogP contribution in [0, 0.1) is 17.1 Å². The number of benzene rings is 2. The van der Waals surface area contributed by atoms with Gasteiger partial charge in [0.15, 0.2) is 0 Å². The monoisotopic (exact) mass is 362 g/mol. The number of hydrogen-bond donors (Lipinski definition) is 1. The summed E-state index contributed by atoms with van der Waals surface area (Å²) >= 11 is 7.44. The van der Waals surface area contributed by atoms with Gasteiger partial charge in [0.25, 0.3) is 0 Å². The summed E-state index contributed by atoms with van der Waals surface area (Å²) in [5.74, 6) is -0.436. The van der Waals surface area contributed by atoms with Crippen molar-refractivity contribution in [2.24, 2.45) is 0 Å². The highest BCUT2D eigenvalue weighted by Gasteiger charge is 2.18. The topological polar surface area (TPSA) is 52.9 Å². The molecule has 0 aliphatic heterocycles. The lowest BCUT2D eigenvalue weighted by Crippen LogP contribution is -2.23. The largest absolute Gasteiger partial charge is 0.325 e. The molecule has 6 heteroatoms. The van der Waals surface area contributed by atoms with Crippen molar-refractivity contribution in [2.75, 3.05) is 5.32 Å². The molecule has 0 aromatic heterocycles. The number of halogens is 2. The third kappa shape index (κ3) is 4.73. The minimum absolute atomic E-state index is 0.0518. The Hall–Kier alpha value is -2.03. The van der Waals surface area contributed by atoms with E-state index in [4.69, 9.17) is 16.9 Å². The van der Waals surface area contributed by atoms with Gasteiger partial charge >= 0.3 is 0 Å². The van der Waals surface area contributed by atoms with Crippen LogP contribution >= 0.6 is 23.4 Å². The molecule has 0 aliphatic rings. The Balaban J connectivity index is 1.98. The van der Waals surface area contributed by atoms with Gasteiger partial charge < -0.3 is 5.32 Å². The van der Waals surface area contributed by atoms with Crippen LogP contribution in [0.5, 0.6) is 0 Å². The van der Waals surface area contributed by atoms with E-state index in [1.807, 2.05) is 19.9 Å². The molecule has 2 rings (SSSR count). The maximum absolute atomic E-state index is 13.0. The predicted molar refractivity (Wildman–Crippen MR) is 96.7 cm³/mol. The molecule has 0 radical (unpaired) electrons. The van der Waals surface area contributed by atoms with Gasteiger partial charge in [-0.3, -0.25) is 4.79 Å². The maximum Gasteiger partial charge on any atom is 0.237 e. The van der Waals surface area contributed by atoms with Gasteiger partial charge in [-0.05, 0) is 49.7 Å². The number of nitriles is 1. The molecule has 3 nitrogen and oxygen atoms in total. The van der Waals surface area contributed by atoms with Crippen molar-refractivity contribution < 1.29 is 9.18 Å². The minimum atomic E-state index is -0.306. The summed E-state index contributed by atoms with van der Waals surface area (Å²) in [4.78, 5) is 12.3. The molecule has 2 atom stereocenters. The lowest BCUT2D eigenvalue weighted by Gasteiger charge is -2.17. The van der Waals surface area contributed by atoms with Gasteiger partial charge in [-0.1, -0.05) is 23.7 Å². The molecule has 2 unspecified atom stereocenters. The predicted octanol–water partition coefficient (Wildman–Crippen LogP) is 5.17. The fourth-order valence-electron chi connectivity index (χ4n) is 2.11. The molecule has 0 saturated heterocycles. The highest BCUT2D eigenvalue weighted by atomic mass is 35.5. The number of carbonyl (C=O) groups is 1. The SMILES string of the molecule is CC(SC(C)c1ccc(F)cc1)C(=O)Nc1ccc(C#N)c(Cl)c1. The number of nitrogens with zero attached hydrogens (tertiary/aromatic N) is 1.